The maximum absolute atomic E-state index is 12.8. The van der Waals surface area contributed by atoms with Crippen LogP contribution in [0.1, 0.15) is 56.5 Å². The number of likely N-dealkylation sites (tertiary alicyclic amines) is 1. The number of morpholine rings is 1. The number of carbonyl (C=O) groups excluding carboxylic acids is 3. The highest BCUT2D eigenvalue weighted by atomic mass is 16.5. The van der Waals surface area contributed by atoms with Crippen LogP contribution in [0.4, 0.5) is 0 Å². The summed E-state index contributed by atoms with van der Waals surface area (Å²) in [6.45, 7) is 11.7. The summed E-state index contributed by atoms with van der Waals surface area (Å²) in [7, 11) is 0. The third-order valence-electron chi connectivity index (χ3n) is 6.21. The predicted octanol–water partition coefficient (Wildman–Crippen LogP) is 2.20. The lowest BCUT2D eigenvalue weighted by atomic mass is 9.86. The van der Waals surface area contributed by atoms with Gasteiger partial charge in [-0.2, -0.15) is 0 Å². The Balaban J connectivity index is 1.49. The Labute approximate surface area is 185 Å². The van der Waals surface area contributed by atoms with E-state index in [-0.39, 0.29) is 29.1 Å². The first-order valence-corrected chi connectivity index (χ1v) is 11.2. The molecule has 2 aliphatic rings. The molecule has 7 nitrogen and oxygen atoms in total. The number of rotatable bonds is 4. The minimum absolute atomic E-state index is 0.0214. The molecule has 1 N–H and O–H groups in total. The molecule has 0 radical (unpaired) electrons. The highest BCUT2D eigenvalue weighted by Crippen LogP contribution is 2.23. The molecule has 0 saturated carbocycles. The van der Waals surface area contributed by atoms with E-state index < -0.39 is 6.04 Å². The van der Waals surface area contributed by atoms with Crippen LogP contribution in [-0.2, 0) is 19.7 Å². The summed E-state index contributed by atoms with van der Waals surface area (Å²) < 4.78 is 5.31. The Morgan fingerprint density at radius 3 is 2.10 bits per heavy atom. The molecule has 7 heteroatoms. The number of hydrogen-bond donors (Lipinski definition) is 1. The number of amides is 3. The van der Waals surface area contributed by atoms with Gasteiger partial charge in [0.15, 0.2) is 0 Å². The third-order valence-corrected chi connectivity index (χ3v) is 6.21. The van der Waals surface area contributed by atoms with E-state index in [1.54, 1.807) is 24.0 Å². The molecule has 2 heterocycles. The van der Waals surface area contributed by atoms with Crippen molar-refractivity contribution in [3.8, 4) is 0 Å². The van der Waals surface area contributed by atoms with Crippen molar-refractivity contribution in [3.05, 3.63) is 35.4 Å². The molecule has 1 aromatic rings. The Hall–Kier alpha value is -2.41. The zero-order valence-corrected chi connectivity index (χ0v) is 19.1. The third kappa shape index (κ3) is 5.85. The summed E-state index contributed by atoms with van der Waals surface area (Å²) >= 11 is 0. The smallest absolute Gasteiger partial charge is 0.251 e. The number of ether oxygens (including phenoxy) is 1. The van der Waals surface area contributed by atoms with E-state index in [1.165, 1.54) is 0 Å². The van der Waals surface area contributed by atoms with Gasteiger partial charge >= 0.3 is 0 Å². The maximum atomic E-state index is 12.8. The van der Waals surface area contributed by atoms with Gasteiger partial charge in [-0.1, -0.05) is 32.9 Å². The Morgan fingerprint density at radius 2 is 1.55 bits per heavy atom. The van der Waals surface area contributed by atoms with Crippen molar-refractivity contribution >= 4 is 17.7 Å². The van der Waals surface area contributed by atoms with Crippen LogP contribution in [0.2, 0.25) is 0 Å². The van der Waals surface area contributed by atoms with Gasteiger partial charge in [0.1, 0.15) is 6.04 Å². The highest BCUT2D eigenvalue weighted by molar-refractivity contribution is 5.97. The number of nitrogens with one attached hydrogen (secondary N) is 1. The molecule has 2 aliphatic heterocycles. The molecule has 3 rings (SSSR count). The van der Waals surface area contributed by atoms with Gasteiger partial charge in [0.05, 0.1) is 13.2 Å². The van der Waals surface area contributed by atoms with Crippen molar-refractivity contribution in [2.45, 2.75) is 52.0 Å². The standard InChI is InChI=1S/C24H35N3O4/c1-17(25-21(28)18-5-7-20(8-6-18)24(2,3)4)22(29)26-11-9-19(10-12-26)23(30)27-13-15-31-16-14-27/h5-8,17,19H,9-16H2,1-4H3,(H,25,28)/t17-/m0/s1. The normalized spacial score (nSPS) is 19.1. The zero-order chi connectivity index (χ0) is 22.6. The van der Waals surface area contributed by atoms with Gasteiger partial charge in [0.25, 0.3) is 5.91 Å². The molecule has 1 atom stereocenters. The van der Waals surface area contributed by atoms with Gasteiger partial charge in [0, 0.05) is 37.7 Å². The topological polar surface area (TPSA) is 79.0 Å². The van der Waals surface area contributed by atoms with E-state index in [9.17, 15) is 14.4 Å². The molecule has 2 fully saturated rings. The second-order valence-corrected chi connectivity index (χ2v) is 9.56. The first-order chi connectivity index (χ1) is 14.7. The average Bonchev–Trinajstić information content (AvgIpc) is 2.78. The van der Waals surface area contributed by atoms with Crippen molar-refractivity contribution in [1.82, 2.24) is 15.1 Å². The van der Waals surface area contributed by atoms with Crippen molar-refractivity contribution in [2.24, 2.45) is 5.92 Å². The van der Waals surface area contributed by atoms with Gasteiger partial charge in [-0.05, 0) is 42.9 Å². The summed E-state index contributed by atoms with van der Waals surface area (Å²) in [5.74, 6) is -0.209. The van der Waals surface area contributed by atoms with Crippen LogP contribution < -0.4 is 5.32 Å². The van der Waals surface area contributed by atoms with Crippen LogP contribution in [0.3, 0.4) is 0 Å². The molecule has 170 valence electrons. The van der Waals surface area contributed by atoms with E-state index in [2.05, 4.69) is 26.1 Å². The van der Waals surface area contributed by atoms with Gasteiger partial charge < -0.3 is 19.9 Å². The van der Waals surface area contributed by atoms with Crippen LogP contribution >= 0.6 is 0 Å². The van der Waals surface area contributed by atoms with E-state index in [0.717, 1.165) is 5.56 Å². The molecule has 31 heavy (non-hydrogen) atoms. The Bertz CT molecular complexity index is 786. The molecule has 0 unspecified atom stereocenters. The zero-order valence-electron chi connectivity index (χ0n) is 19.1. The fraction of sp³-hybridized carbons (Fsp3) is 0.625. The molecule has 0 spiro atoms. The molecular formula is C24H35N3O4. The second-order valence-electron chi connectivity index (χ2n) is 9.56. The molecule has 0 aliphatic carbocycles. The van der Waals surface area contributed by atoms with E-state index in [1.807, 2.05) is 17.0 Å². The van der Waals surface area contributed by atoms with Crippen LogP contribution in [0.25, 0.3) is 0 Å². The quantitative estimate of drug-likeness (QED) is 0.796. The molecule has 0 aromatic heterocycles. The molecule has 1 aromatic carbocycles. The van der Waals surface area contributed by atoms with Crippen LogP contribution in [-0.4, -0.2) is 73.0 Å². The number of nitrogens with zero attached hydrogens (tertiary/aromatic N) is 2. The van der Waals surface area contributed by atoms with Crippen LogP contribution in [0.15, 0.2) is 24.3 Å². The second kappa shape index (κ2) is 9.81. The van der Waals surface area contributed by atoms with Crippen molar-refractivity contribution in [2.75, 3.05) is 39.4 Å². The van der Waals surface area contributed by atoms with Crippen molar-refractivity contribution in [1.29, 1.82) is 0 Å². The summed E-state index contributed by atoms with van der Waals surface area (Å²) in [5, 5.41) is 2.82. The summed E-state index contributed by atoms with van der Waals surface area (Å²) in [5.41, 5.74) is 1.72. The van der Waals surface area contributed by atoms with Gasteiger partial charge in [-0.3, -0.25) is 14.4 Å². The summed E-state index contributed by atoms with van der Waals surface area (Å²) in [6, 6.07) is 6.90. The molecule has 0 bridgehead atoms. The highest BCUT2D eigenvalue weighted by Gasteiger charge is 2.32. The molecule has 2 saturated heterocycles. The lowest BCUT2D eigenvalue weighted by Gasteiger charge is -2.36. The number of benzene rings is 1. The van der Waals surface area contributed by atoms with E-state index >= 15 is 0 Å². The lowest BCUT2D eigenvalue weighted by molar-refractivity contribution is -0.144. The number of hydrogen-bond acceptors (Lipinski definition) is 4. The monoisotopic (exact) mass is 429 g/mol. The van der Waals surface area contributed by atoms with Crippen LogP contribution in [0, 0.1) is 5.92 Å². The Morgan fingerprint density at radius 1 is 0.968 bits per heavy atom. The first-order valence-electron chi connectivity index (χ1n) is 11.2. The van der Waals surface area contributed by atoms with Gasteiger partial charge in [0.2, 0.25) is 11.8 Å². The lowest BCUT2D eigenvalue weighted by Crippen LogP contribution is -2.51. The average molecular weight is 430 g/mol. The minimum atomic E-state index is -0.610. The number of carbonyl (C=O) groups is 3. The largest absolute Gasteiger partial charge is 0.378 e. The number of piperidine rings is 1. The Kier molecular flexibility index (Phi) is 7.36. The van der Waals surface area contributed by atoms with E-state index in [0.29, 0.717) is 57.8 Å². The first kappa shape index (κ1) is 23.3. The summed E-state index contributed by atoms with van der Waals surface area (Å²) in [4.78, 5) is 41.7. The van der Waals surface area contributed by atoms with Gasteiger partial charge in [-0.15, -0.1) is 0 Å². The van der Waals surface area contributed by atoms with E-state index in [4.69, 9.17) is 4.74 Å². The molecular weight excluding hydrogens is 394 g/mol. The SMILES string of the molecule is C[C@H](NC(=O)c1ccc(C(C)(C)C)cc1)C(=O)N1CCC(C(=O)N2CCOCC2)CC1. The van der Waals surface area contributed by atoms with Crippen LogP contribution in [0.5, 0.6) is 0 Å². The van der Waals surface area contributed by atoms with Crippen molar-refractivity contribution < 1.29 is 19.1 Å². The predicted molar refractivity (Wildman–Crippen MR) is 119 cm³/mol. The fourth-order valence-electron chi connectivity index (χ4n) is 4.13. The fourth-order valence-corrected chi connectivity index (χ4v) is 4.13. The minimum Gasteiger partial charge on any atom is -0.378 e. The molecule has 3 amide bonds. The van der Waals surface area contributed by atoms with Gasteiger partial charge in [-0.25, -0.2) is 0 Å². The summed E-state index contributed by atoms with van der Waals surface area (Å²) in [6.07, 6.45) is 1.33. The van der Waals surface area contributed by atoms with Crippen molar-refractivity contribution in [3.63, 3.8) is 0 Å². The maximum Gasteiger partial charge on any atom is 0.251 e.